The van der Waals surface area contributed by atoms with Crippen LogP contribution in [0.25, 0.3) is 33.2 Å². The maximum absolute atomic E-state index is 12.9. The van der Waals surface area contributed by atoms with E-state index in [1.54, 1.807) is 11.6 Å². The molecule has 5 rings (SSSR count). The summed E-state index contributed by atoms with van der Waals surface area (Å²) in [6.45, 7) is 10.4. The maximum atomic E-state index is 12.9. The molecule has 0 aliphatic carbocycles. The van der Waals surface area contributed by atoms with Crippen molar-refractivity contribution < 1.29 is 4.74 Å². The van der Waals surface area contributed by atoms with E-state index in [1.807, 2.05) is 30.5 Å². The largest absolute Gasteiger partial charge is 0.494 e. The zero-order valence-corrected chi connectivity index (χ0v) is 21.3. The highest BCUT2D eigenvalue weighted by Gasteiger charge is 2.19. The number of likely N-dealkylation sites (tertiary alicyclic amines) is 1. The third-order valence-electron chi connectivity index (χ3n) is 7.13. The molecular formula is C28H35N5O2. The molecule has 1 aliphatic rings. The molecule has 0 radical (unpaired) electrons. The van der Waals surface area contributed by atoms with Crippen LogP contribution in [0.3, 0.4) is 0 Å². The van der Waals surface area contributed by atoms with Crippen molar-refractivity contribution >= 4 is 22.1 Å². The fourth-order valence-electron chi connectivity index (χ4n) is 5.23. The molecule has 0 bridgehead atoms. The van der Waals surface area contributed by atoms with Gasteiger partial charge in [0.2, 0.25) is 0 Å². The average molecular weight is 474 g/mol. The van der Waals surface area contributed by atoms with Crippen LogP contribution in [0.1, 0.15) is 51.1 Å². The van der Waals surface area contributed by atoms with Crippen LogP contribution in [0.4, 0.5) is 0 Å². The van der Waals surface area contributed by atoms with Gasteiger partial charge in [0.1, 0.15) is 11.3 Å². The first kappa shape index (κ1) is 23.5. The van der Waals surface area contributed by atoms with E-state index < -0.39 is 0 Å². The second kappa shape index (κ2) is 9.82. The molecule has 7 nitrogen and oxygen atoms in total. The zero-order chi connectivity index (χ0) is 24.5. The zero-order valence-electron chi connectivity index (χ0n) is 21.3. The van der Waals surface area contributed by atoms with Gasteiger partial charge in [0.05, 0.1) is 12.1 Å². The number of fused-ring (bicyclic) bond motifs is 3. The van der Waals surface area contributed by atoms with Crippen LogP contribution < -0.4 is 10.4 Å². The molecule has 7 heteroatoms. The number of nitrogens with zero attached hydrogens (tertiary/aromatic N) is 5. The summed E-state index contributed by atoms with van der Waals surface area (Å²) in [7, 11) is 1.75. The number of aryl methyl sites for hydroxylation is 2. The van der Waals surface area contributed by atoms with E-state index >= 15 is 0 Å². The van der Waals surface area contributed by atoms with Crippen molar-refractivity contribution in [2.45, 2.75) is 52.5 Å². The van der Waals surface area contributed by atoms with Gasteiger partial charge in [-0.1, -0.05) is 18.6 Å². The van der Waals surface area contributed by atoms with Gasteiger partial charge in [-0.05, 0) is 94.1 Å². The first-order chi connectivity index (χ1) is 16.9. The van der Waals surface area contributed by atoms with Crippen LogP contribution in [0.2, 0.25) is 0 Å². The van der Waals surface area contributed by atoms with Crippen molar-refractivity contribution in [3.05, 3.63) is 52.4 Å². The number of aromatic nitrogens is 4. The molecule has 1 aliphatic heterocycles. The lowest BCUT2D eigenvalue weighted by Gasteiger charge is -2.26. The van der Waals surface area contributed by atoms with E-state index in [-0.39, 0.29) is 11.7 Å². The molecule has 3 heterocycles. The van der Waals surface area contributed by atoms with Crippen LogP contribution in [0, 0.1) is 6.92 Å². The first-order valence-electron chi connectivity index (χ1n) is 12.8. The monoisotopic (exact) mass is 473 g/mol. The summed E-state index contributed by atoms with van der Waals surface area (Å²) in [5, 5.41) is 9.73. The normalized spacial score (nSPS) is 14.9. The number of hydrogen-bond donors (Lipinski definition) is 0. The maximum Gasteiger partial charge on any atom is 0.330 e. The predicted molar refractivity (Wildman–Crippen MR) is 141 cm³/mol. The summed E-state index contributed by atoms with van der Waals surface area (Å²) in [5.74, 6) is 0.899. The third kappa shape index (κ3) is 4.57. The third-order valence-corrected chi connectivity index (χ3v) is 7.13. The fraction of sp³-hybridized carbons (Fsp3) is 0.464. The Morgan fingerprint density at radius 1 is 1.03 bits per heavy atom. The molecule has 0 amide bonds. The lowest BCUT2D eigenvalue weighted by molar-refractivity contribution is 0.205. The van der Waals surface area contributed by atoms with E-state index in [4.69, 9.17) is 4.74 Å². The predicted octanol–water partition coefficient (Wildman–Crippen LogP) is 5.09. The van der Waals surface area contributed by atoms with E-state index in [1.165, 1.54) is 32.4 Å². The molecule has 184 valence electrons. The van der Waals surface area contributed by atoms with Gasteiger partial charge in [0.15, 0.2) is 5.65 Å². The topological polar surface area (TPSA) is 65.2 Å². The van der Waals surface area contributed by atoms with E-state index in [0.29, 0.717) is 5.65 Å². The number of piperidine rings is 1. The summed E-state index contributed by atoms with van der Waals surface area (Å²) < 4.78 is 9.41. The number of ether oxygens (including phenoxy) is 1. The highest BCUT2D eigenvalue weighted by Crippen LogP contribution is 2.32. The molecule has 0 saturated carbocycles. The van der Waals surface area contributed by atoms with Crippen LogP contribution in [-0.4, -0.2) is 50.5 Å². The minimum atomic E-state index is -0.0688. The lowest BCUT2D eigenvalue weighted by Crippen LogP contribution is -2.31. The Morgan fingerprint density at radius 2 is 1.77 bits per heavy atom. The Balaban J connectivity index is 1.40. The summed E-state index contributed by atoms with van der Waals surface area (Å²) in [6, 6.07) is 12.5. The highest BCUT2D eigenvalue weighted by molar-refractivity contribution is 6.03. The molecular weight excluding hydrogens is 438 g/mol. The van der Waals surface area contributed by atoms with Crippen molar-refractivity contribution in [3.8, 4) is 16.9 Å². The van der Waals surface area contributed by atoms with Gasteiger partial charge in [-0.15, -0.1) is 10.2 Å². The van der Waals surface area contributed by atoms with Crippen molar-refractivity contribution in [2.24, 2.45) is 7.05 Å². The Bertz CT molecular complexity index is 1400. The average Bonchev–Trinajstić information content (AvgIpc) is 3.13. The second-order valence-electron chi connectivity index (χ2n) is 9.99. The van der Waals surface area contributed by atoms with Gasteiger partial charge in [-0.2, -0.15) is 0 Å². The van der Waals surface area contributed by atoms with Crippen molar-refractivity contribution in [2.75, 3.05) is 26.2 Å². The van der Waals surface area contributed by atoms with Crippen molar-refractivity contribution in [1.29, 1.82) is 0 Å². The van der Waals surface area contributed by atoms with Gasteiger partial charge >= 0.3 is 5.69 Å². The highest BCUT2D eigenvalue weighted by atomic mass is 16.5. The lowest BCUT2D eigenvalue weighted by atomic mass is 9.98. The summed E-state index contributed by atoms with van der Waals surface area (Å²) in [4.78, 5) is 15.4. The summed E-state index contributed by atoms with van der Waals surface area (Å²) in [5.41, 5.74) is 5.54. The van der Waals surface area contributed by atoms with Gasteiger partial charge in [-0.25, -0.2) is 4.79 Å². The Kier molecular flexibility index (Phi) is 6.60. The van der Waals surface area contributed by atoms with Crippen LogP contribution in [0.5, 0.6) is 5.75 Å². The number of rotatable bonds is 7. The summed E-state index contributed by atoms with van der Waals surface area (Å²) >= 11 is 0. The SMILES string of the molecule is Cc1cc2nnc3c(c2cc1-c1ccc(OCCCN2CCCCC2)cc1)n(C(C)C)c(=O)n3C. The van der Waals surface area contributed by atoms with Crippen LogP contribution in [-0.2, 0) is 7.05 Å². The van der Waals surface area contributed by atoms with E-state index in [9.17, 15) is 4.79 Å². The molecule has 35 heavy (non-hydrogen) atoms. The van der Waals surface area contributed by atoms with E-state index in [0.717, 1.165) is 58.4 Å². The number of imidazole rings is 1. The summed E-state index contributed by atoms with van der Waals surface area (Å²) in [6.07, 6.45) is 5.08. The molecule has 1 fully saturated rings. The Labute approximate surface area is 206 Å². The van der Waals surface area contributed by atoms with Gasteiger partial charge in [-0.3, -0.25) is 9.13 Å². The molecule has 0 unspecified atom stereocenters. The van der Waals surface area contributed by atoms with Gasteiger partial charge < -0.3 is 9.64 Å². The van der Waals surface area contributed by atoms with Gasteiger partial charge in [0.25, 0.3) is 0 Å². The first-order valence-corrected chi connectivity index (χ1v) is 12.8. The molecule has 1 saturated heterocycles. The number of benzene rings is 2. The van der Waals surface area contributed by atoms with Gasteiger partial charge in [0, 0.05) is 25.0 Å². The second-order valence-corrected chi connectivity index (χ2v) is 9.99. The molecule has 4 aromatic rings. The quantitative estimate of drug-likeness (QED) is 0.350. The molecule has 2 aromatic carbocycles. The molecule has 0 N–H and O–H groups in total. The Morgan fingerprint density at radius 3 is 2.49 bits per heavy atom. The van der Waals surface area contributed by atoms with Crippen molar-refractivity contribution in [1.82, 2.24) is 24.2 Å². The fourth-order valence-corrected chi connectivity index (χ4v) is 5.23. The molecule has 0 spiro atoms. The number of hydrogen-bond acceptors (Lipinski definition) is 5. The molecule has 2 aromatic heterocycles. The minimum absolute atomic E-state index is 0.0229. The minimum Gasteiger partial charge on any atom is -0.494 e. The molecule has 0 atom stereocenters. The van der Waals surface area contributed by atoms with Crippen LogP contribution in [0.15, 0.2) is 41.2 Å². The van der Waals surface area contributed by atoms with E-state index in [2.05, 4.69) is 46.3 Å². The smallest absolute Gasteiger partial charge is 0.330 e. The van der Waals surface area contributed by atoms with Crippen molar-refractivity contribution in [3.63, 3.8) is 0 Å². The van der Waals surface area contributed by atoms with Crippen LogP contribution >= 0.6 is 0 Å². The Hall–Kier alpha value is -3.19. The standard InChI is InChI=1S/C28H35N5O2/c1-19(2)33-26-24-18-23(20(3)17-25(24)29-30-27(26)31(4)28(33)34)21-9-11-22(12-10-21)35-16-8-15-32-13-6-5-7-14-32/h9-12,17-19H,5-8,13-16H2,1-4H3.